The molecule has 13 heteroatoms. The van der Waals surface area contributed by atoms with Gasteiger partial charge in [-0.3, -0.25) is 9.69 Å². The van der Waals surface area contributed by atoms with Gasteiger partial charge in [0.15, 0.2) is 5.69 Å². The second-order valence-electron chi connectivity index (χ2n) is 13.7. The molecule has 3 fully saturated rings. The number of hydrogen-bond donors (Lipinski definition) is 1. The van der Waals surface area contributed by atoms with Gasteiger partial charge in [-0.2, -0.15) is 13.2 Å². The summed E-state index contributed by atoms with van der Waals surface area (Å²) in [6.07, 6.45) is 0.111. The van der Waals surface area contributed by atoms with Crippen LogP contribution in [0.3, 0.4) is 0 Å². The number of piperidine rings is 2. The van der Waals surface area contributed by atoms with Gasteiger partial charge in [-0.1, -0.05) is 6.07 Å². The van der Waals surface area contributed by atoms with Crippen molar-refractivity contribution in [3.63, 3.8) is 0 Å². The third-order valence-electron chi connectivity index (χ3n) is 9.16. The Morgan fingerprint density at radius 1 is 0.915 bits per heavy atom. The van der Waals surface area contributed by atoms with Gasteiger partial charge in [-0.05, 0) is 76.6 Å². The summed E-state index contributed by atoms with van der Waals surface area (Å²) in [4.78, 5) is 41.2. The number of nitrogens with zero attached hydrogens (tertiary/aromatic N) is 6. The minimum Gasteiger partial charge on any atom is -0.444 e. The second kappa shape index (κ2) is 14.4. The number of anilines is 3. The average Bonchev–Trinajstić information content (AvgIpc) is 3.04. The third kappa shape index (κ3) is 9.06. The minimum atomic E-state index is -4.60. The van der Waals surface area contributed by atoms with Crippen LogP contribution in [-0.2, 0) is 15.7 Å². The van der Waals surface area contributed by atoms with E-state index in [9.17, 15) is 22.8 Å². The third-order valence-corrected chi connectivity index (χ3v) is 9.16. The maximum Gasteiger partial charge on any atom is 0.410 e. The van der Waals surface area contributed by atoms with E-state index in [4.69, 9.17) is 11.3 Å². The van der Waals surface area contributed by atoms with Crippen molar-refractivity contribution in [2.75, 3.05) is 74.0 Å². The fourth-order valence-electron chi connectivity index (χ4n) is 6.50. The molecule has 0 saturated carbocycles. The van der Waals surface area contributed by atoms with Crippen molar-refractivity contribution in [2.24, 2.45) is 11.8 Å². The van der Waals surface area contributed by atoms with Crippen LogP contribution in [0.5, 0.6) is 0 Å². The molecule has 0 bridgehead atoms. The van der Waals surface area contributed by atoms with Crippen LogP contribution in [0.1, 0.15) is 52.0 Å². The van der Waals surface area contributed by atoms with Gasteiger partial charge < -0.3 is 24.8 Å². The number of alkyl halides is 3. The van der Waals surface area contributed by atoms with Gasteiger partial charge in [0.2, 0.25) is 5.91 Å². The number of benzene rings is 1. The zero-order chi connectivity index (χ0) is 33.8. The van der Waals surface area contributed by atoms with Crippen molar-refractivity contribution < 1.29 is 27.5 Å². The van der Waals surface area contributed by atoms with Crippen LogP contribution < -0.4 is 15.1 Å². The van der Waals surface area contributed by atoms with Crippen LogP contribution in [-0.4, -0.2) is 91.3 Å². The van der Waals surface area contributed by atoms with E-state index in [-0.39, 0.29) is 17.9 Å². The summed E-state index contributed by atoms with van der Waals surface area (Å²) in [5.74, 6) is 0.668. The molecule has 254 valence electrons. The summed E-state index contributed by atoms with van der Waals surface area (Å²) in [6.45, 7) is 19.5. The van der Waals surface area contributed by atoms with E-state index >= 15 is 0 Å². The van der Waals surface area contributed by atoms with Gasteiger partial charge in [0.25, 0.3) is 0 Å². The van der Waals surface area contributed by atoms with Crippen LogP contribution in [0.15, 0.2) is 36.5 Å². The first kappa shape index (κ1) is 34.3. The Kier molecular flexibility index (Phi) is 10.5. The largest absolute Gasteiger partial charge is 0.444 e. The molecule has 3 aliphatic rings. The Bertz CT molecular complexity index is 1430. The lowest BCUT2D eigenvalue weighted by molar-refractivity contribution is -0.136. The number of nitrogens with one attached hydrogen (secondary N) is 1. The molecule has 0 radical (unpaired) electrons. The first-order chi connectivity index (χ1) is 22.3. The van der Waals surface area contributed by atoms with Crippen LogP contribution >= 0.6 is 0 Å². The standard InChI is InChI=1S/C34H44F3N7O3/c1-33(2,3)47-32(46)44-19-17-41(18-20-44)23-24-9-13-43(14-10-24)27-6-8-30(39-22-27)40-31(45)25-11-15-42(16-12-25)26-5-7-29(38-4)28(21-26)34(35,36)37/h5-8,21-22,24-25H,9-20,23H2,1-3H3,(H,39,40,45). The SMILES string of the molecule is [C-]#[N+]c1ccc(N2CCC(C(=O)Nc3ccc(N4CCC(CN5CCN(C(=O)OC(C)(C)C)CC5)CC4)cn3)CC2)cc1C(F)(F)F. The summed E-state index contributed by atoms with van der Waals surface area (Å²) in [5.41, 5.74) is -0.412. The quantitative estimate of drug-likeness (QED) is 0.367. The maximum absolute atomic E-state index is 13.4. The summed E-state index contributed by atoms with van der Waals surface area (Å²) >= 11 is 0. The van der Waals surface area contributed by atoms with E-state index in [1.165, 1.54) is 12.1 Å². The van der Waals surface area contributed by atoms with E-state index < -0.39 is 23.0 Å². The van der Waals surface area contributed by atoms with Crippen LogP contribution in [0, 0.1) is 18.4 Å². The number of piperazine rings is 1. The normalized spacial score (nSPS) is 19.0. The van der Waals surface area contributed by atoms with Crippen LogP contribution in [0.25, 0.3) is 4.85 Å². The Morgan fingerprint density at radius 3 is 2.11 bits per heavy atom. The summed E-state index contributed by atoms with van der Waals surface area (Å²) < 4.78 is 45.7. The van der Waals surface area contributed by atoms with E-state index in [0.717, 1.165) is 57.3 Å². The highest BCUT2D eigenvalue weighted by atomic mass is 19.4. The molecule has 0 atom stereocenters. The monoisotopic (exact) mass is 655 g/mol. The first-order valence-electron chi connectivity index (χ1n) is 16.3. The molecule has 0 aliphatic carbocycles. The van der Waals surface area contributed by atoms with Gasteiger partial charge in [-0.25, -0.2) is 14.6 Å². The summed E-state index contributed by atoms with van der Waals surface area (Å²) in [5, 5.41) is 2.91. The molecular weight excluding hydrogens is 611 g/mol. The molecule has 0 spiro atoms. The zero-order valence-electron chi connectivity index (χ0n) is 27.4. The number of pyridine rings is 1. The Labute approximate surface area is 274 Å². The van der Waals surface area contributed by atoms with Crippen LogP contribution in [0.4, 0.5) is 40.8 Å². The highest BCUT2D eigenvalue weighted by Crippen LogP contribution is 2.39. The van der Waals surface area contributed by atoms with E-state index in [0.29, 0.717) is 56.4 Å². The molecule has 5 rings (SSSR count). The molecule has 1 aromatic carbocycles. The van der Waals surface area contributed by atoms with Crippen molar-refractivity contribution >= 4 is 34.9 Å². The fraction of sp³-hybridized carbons (Fsp3) is 0.588. The predicted molar refractivity (Wildman–Crippen MR) is 175 cm³/mol. The Hall–Kier alpha value is -4.05. The Morgan fingerprint density at radius 2 is 1.53 bits per heavy atom. The van der Waals surface area contributed by atoms with Crippen molar-refractivity contribution in [3.8, 4) is 0 Å². The number of hydrogen-bond acceptors (Lipinski definition) is 7. The predicted octanol–water partition coefficient (Wildman–Crippen LogP) is 6.28. The summed E-state index contributed by atoms with van der Waals surface area (Å²) in [7, 11) is 0. The van der Waals surface area contributed by atoms with Crippen molar-refractivity contribution in [2.45, 2.75) is 58.2 Å². The number of halogens is 3. The van der Waals surface area contributed by atoms with Crippen molar-refractivity contribution in [1.82, 2.24) is 14.8 Å². The lowest BCUT2D eigenvalue weighted by Gasteiger charge is -2.39. The minimum absolute atomic E-state index is 0.142. The fourth-order valence-corrected chi connectivity index (χ4v) is 6.50. The number of carbonyl (C=O) groups excluding carboxylic acids is 2. The summed E-state index contributed by atoms with van der Waals surface area (Å²) in [6, 6.07) is 7.57. The Balaban J connectivity index is 1.03. The number of rotatable bonds is 6. The number of aromatic nitrogens is 1. The zero-order valence-corrected chi connectivity index (χ0v) is 27.4. The van der Waals surface area contributed by atoms with Gasteiger partial charge in [0.1, 0.15) is 11.4 Å². The van der Waals surface area contributed by atoms with Crippen molar-refractivity contribution in [3.05, 3.63) is 53.5 Å². The number of carbonyl (C=O) groups is 2. The highest BCUT2D eigenvalue weighted by molar-refractivity contribution is 5.92. The second-order valence-corrected chi connectivity index (χ2v) is 13.7. The van der Waals surface area contributed by atoms with Gasteiger partial charge in [0, 0.05) is 70.5 Å². The topological polar surface area (TPSA) is 85.6 Å². The molecule has 2 amide bonds. The molecule has 3 saturated heterocycles. The van der Waals surface area contributed by atoms with Gasteiger partial charge in [0.05, 0.1) is 24.0 Å². The molecule has 0 unspecified atom stereocenters. The average molecular weight is 656 g/mol. The molecule has 10 nitrogen and oxygen atoms in total. The lowest BCUT2D eigenvalue weighted by Crippen LogP contribution is -2.51. The van der Waals surface area contributed by atoms with Crippen molar-refractivity contribution in [1.29, 1.82) is 0 Å². The molecule has 2 aromatic rings. The molecule has 1 aromatic heterocycles. The first-order valence-corrected chi connectivity index (χ1v) is 16.3. The highest BCUT2D eigenvalue weighted by Gasteiger charge is 2.35. The van der Waals surface area contributed by atoms with Crippen LogP contribution in [0.2, 0.25) is 0 Å². The molecule has 4 heterocycles. The molecular formula is C34H44F3N7O3. The molecule has 1 N–H and O–H groups in total. The number of ether oxygens (including phenoxy) is 1. The number of amides is 2. The van der Waals surface area contributed by atoms with Gasteiger partial charge >= 0.3 is 12.3 Å². The van der Waals surface area contributed by atoms with E-state index in [1.807, 2.05) is 37.8 Å². The van der Waals surface area contributed by atoms with Gasteiger partial charge in [-0.15, -0.1) is 0 Å². The van der Waals surface area contributed by atoms with E-state index in [1.54, 1.807) is 11.1 Å². The van der Waals surface area contributed by atoms with E-state index in [2.05, 4.69) is 24.9 Å². The molecule has 3 aliphatic heterocycles. The smallest absolute Gasteiger partial charge is 0.410 e. The maximum atomic E-state index is 13.4. The lowest BCUT2D eigenvalue weighted by atomic mass is 9.95. The molecule has 47 heavy (non-hydrogen) atoms.